The Hall–Kier alpha value is -2.18. The molecular weight excluding hydrogens is 324 g/mol. The molecule has 2 N–H and O–H groups in total. The molecule has 7 heteroatoms. The van der Waals surface area contributed by atoms with Gasteiger partial charge in [0.05, 0.1) is 29.3 Å². The molecule has 4 rings (SSSR count). The summed E-state index contributed by atoms with van der Waals surface area (Å²) in [5, 5.41) is 7.64. The second-order valence-electron chi connectivity index (χ2n) is 6.14. The van der Waals surface area contributed by atoms with E-state index >= 15 is 0 Å². The van der Waals surface area contributed by atoms with E-state index in [1.165, 1.54) is 6.42 Å². The quantitative estimate of drug-likeness (QED) is 0.766. The minimum atomic E-state index is 0.361. The molecule has 0 radical (unpaired) electrons. The Labute approximate surface area is 145 Å². The maximum absolute atomic E-state index is 6.11. The van der Waals surface area contributed by atoms with Crippen LogP contribution in [0.4, 0.5) is 5.82 Å². The first-order chi connectivity index (χ1) is 11.7. The predicted molar refractivity (Wildman–Crippen MR) is 95.3 cm³/mol. The van der Waals surface area contributed by atoms with Crippen LogP contribution < -0.4 is 10.6 Å². The highest BCUT2D eigenvalue weighted by Crippen LogP contribution is 2.22. The van der Waals surface area contributed by atoms with Crippen molar-refractivity contribution in [1.82, 2.24) is 24.7 Å². The van der Waals surface area contributed by atoms with Crippen molar-refractivity contribution >= 4 is 23.1 Å². The number of nitrogens with one attached hydrogen (secondary N) is 2. The molecule has 0 saturated carbocycles. The number of hydrogen-bond donors (Lipinski definition) is 2. The van der Waals surface area contributed by atoms with E-state index in [2.05, 4.69) is 27.5 Å². The lowest BCUT2D eigenvalue weighted by atomic mass is 10.00. The number of piperidine rings is 1. The Morgan fingerprint density at radius 1 is 1.29 bits per heavy atom. The molecule has 2 unspecified atom stereocenters. The third kappa shape index (κ3) is 2.95. The van der Waals surface area contributed by atoms with Crippen LogP contribution in [0.25, 0.3) is 17.0 Å². The zero-order chi connectivity index (χ0) is 16.5. The second-order valence-corrected chi connectivity index (χ2v) is 6.58. The highest BCUT2D eigenvalue weighted by Gasteiger charge is 2.21. The summed E-state index contributed by atoms with van der Waals surface area (Å²) >= 11 is 6.11. The van der Waals surface area contributed by atoms with Gasteiger partial charge in [0.25, 0.3) is 0 Å². The summed E-state index contributed by atoms with van der Waals surface area (Å²) in [6.45, 7) is 3.27. The van der Waals surface area contributed by atoms with E-state index in [-0.39, 0.29) is 0 Å². The molecule has 0 bridgehead atoms. The molecule has 1 aliphatic heterocycles. The summed E-state index contributed by atoms with van der Waals surface area (Å²) in [6, 6.07) is 4.49. The molecule has 4 heterocycles. The molecule has 0 spiro atoms. The van der Waals surface area contributed by atoms with Crippen LogP contribution in [0.5, 0.6) is 0 Å². The summed E-state index contributed by atoms with van der Waals surface area (Å²) in [7, 11) is 0. The standard InChI is InChI=1S/C17H19ClN6/c1-11-13(3-2-6-20-11)22-16-9-19-7-14(23-16)15-8-21-17-5-4-12(18)10-24(15)17/h4-5,7-11,13,20H,2-3,6H2,1H3,(H,22,23). The van der Waals surface area contributed by atoms with E-state index in [9.17, 15) is 0 Å². The van der Waals surface area contributed by atoms with Gasteiger partial charge in [0.15, 0.2) is 0 Å². The molecule has 0 amide bonds. The van der Waals surface area contributed by atoms with Gasteiger partial charge < -0.3 is 10.6 Å². The van der Waals surface area contributed by atoms with Crippen molar-refractivity contribution in [1.29, 1.82) is 0 Å². The van der Waals surface area contributed by atoms with Crippen molar-refractivity contribution in [2.75, 3.05) is 11.9 Å². The minimum Gasteiger partial charge on any atom is -0.364 e. The van der Waals surface area contributed by atoms with Gasteiger partial charge in [-0.1, -0.05) is 11.6 Å². The van der Waals surface area contributed by atoms with Crippen LogP contribution in [0, 0.1) is 0 Å². The van der Waals surface area contributed by atoms with Gasteiger partial charge in [0.1, 0.15) is 17.2 Å². The van der Waals surface area contributed by atoms with Gasteiger partial charge in [0.2, 0.25) is 0 Å². The lowest BCUT2D eigenvalue weighted by Gasteiger charge is -2.30. The van der Waals surface area contributed by atoms with Crippen molar-refractivity contribution in [3.63, 3.8) is 0 Å². The Balaban J connectivity index is 1.65. The number of nitrogens with zero attached hydrogens (tertiary/aromatic N) is 4. The summed E-state index contributed by atoms with van der Waals surface area (Å²) in [4.78, 5) is 13.5. The van der Waals surface area contributed by atoms with Gasteiger partial charge in [-0.05, 0) is 38.4 Å². The van der Waals surface area contributed by atoms with Crippen molar-refractivity contribution in [2.24, 2.45) is 0 Å². The average Bonchev–Trinajstić information content (AvgIpc) is 3.00. The maximum Gasteiger partial charge on any atom is 0.145 e. The van der Waals surface area contributed by atoms with E-state index in [4.69, 9.17) is 16.6 Å². The fourth-order valence-electron chi connectivity index (χ4n) is 3.13. The molecule has 2 atom stereocenters. The first kappa shape index (κ1) is 15.4. The van der Waals surface area contributed by atoms with E-state index in [1.807, 2.05) is 22.7 Å². The fourth-order valence-corrected chi connectivity index (χ4v) is 3.29. The van der Waals surface area contributed by atoms with Crippen molar-refractivity contribution < 1.29 is 0 Å². The third-order valence-electron chi connectivity index (χ3n) is 4.46. The lowest BCUT2D eigenvalue weighted by molar-refractivity contribution is 0.388. The van der Waals surface area contributed by atoms with Crippen LogP contribution in [0.2, 0.25) is 5.02 Å². The van der Waals surface area contributed by atoms with Crippen LogP contribution in [-0.2, 0) is 0 Å². The molecule has 6 nitrogen and oxygen atoms in total. The summed E-state index contributed by atoms with van der Waals surface area (Å²) in [6.07, 6.45) is 9.45. The van der Waals surface area contributed by atoms with Crippen molar-refractivity contribution in [3.05, 3.63) is 41.9 Å². The third-order valence-corrected chi connectivity index (χ3v) is 4.69. The highest BCUT2D eigenvalue weighted by molar-refractivity contribution is 6.30. The van der Waals surface area contributed by atoms with Crippen LogP contribution in [-0.4, -0.2) is 38.0 Å². The number of halogens is 1. The monoisotopic (exact) mass is 342 g/mol. The summed E-state index contributed by atoms with van der Waals surface area (Å²) in [5.74, 6) is 0.782. The average molecular weight is 343 g/mol. The van der Waals surface area contributed by atoms with Crippen LogP contribution in [0.15, 0.2) is 36.9 Å². The number of fused-ring (bicyclic) bond motifs is 1. The Morgan fingerprint density at radius 2 is 2.21 bits per heavy atom. The zero-order valence-electron chi connectivity index (χ0n) is 13.4. The number of hydrogen-bond acceptors (Lipinski definition) is 5. The van der Waals surface area contributed by atoms with Crippen LogP contribution in [0.3, 0.4) is 0 Å². The Bertz CT molecular complexity index is 861. The van der Waals surface area contributed by atoms with Crippen LogP contribution in [0.1, 0.15) is 19.8 Å². The van der Waals surface area contributed by atoms with Crippen molar-refractivity contribution in [2.45, 2.75) is 31.8 Å². The Kier molecular flexibility index (Phi) is 4.08. The molecule has 0 aromatic carbocycles. The van der Waals surface area contributed by atoms with Crippen LogP contribution >= 0.6 is 11.6 Å². The van der Waals surface area contributed by atoms with Gasteiger partial charge in [-0.15, -0.1) is 0 Å². The normalized spacial score (nSPS) is 21.1. The lowest BCUT2D eigenvalue weighted by Crippen LogP contribution is -2.46. The molecule has 1 saturated heterocycles. The zero-order valence-corrected chi connectivity index (χ0v) is 14.2. The van der Waals surface area contributed by atoms with E-state index < -0.39 is 0 Å². The largest absolute Gasteiger partial charge is 0.364 e. The highest BCUT2D eigenvalue weighted by atomic mass is 35.5. The number of imidazole rings is 1. The molecular formula is C17H19ClN6. The number of aromatic nitrogens is 4. The SMILES string of the molecule is CC1NCCCC1Nc1cncc(-c2cnc3ccc(Cl)cn23)n1. The van der Waals surface area contributed by atoms with Gasteiger partial charge in [-0.2, -0.15) is 0 Å². The molecule has 0 aliphatic carbocycles. The molecule has 24 heavy (non-hydrogen) atoms. The van der Waals surface area contributed by atoms with Gasteiger partial charge in [-0.3, -0.25) is 9.38 Å². The van der Waals surface area contributed by atoms with E-state index in [0.29, 0.717) is 17.1 Å². The fraction of sp³-hybridized carbons (Fsp3) is 0.353. The number of anilines is 1. The smallest absolute Gasteiger partial charge is 0.145 e. The number of pyridine rings is 1. The van der Waals surface area contributed by atoms with E-state index in [0.717, 1.165) is 35.8 Å². The minimum absolute atomic E-state index is 0.361. The van der Waals surface area contributed by atoms with Gasteiger partial charge in [0, 0.05) is 18.3 Å². The first-order valence-electron chi connectivity index (χ1n) is 8.16. The number of rotatable bonds is 3. The molecule has 3 aromatic heterocycles. The predicted octanol–water partition coefficient (Wildman–Crippen LogP) is 3.00. The molecule has 1 fully saturated rings. The summed E-state index contributed by atoms with van der Waals surface area (Å²) < 4.78 is 1.93. The topological polar surface area (TPSA) is 67.1 Å². The second kappa shape index (κ2) is 6.37. The van der Waals surface area contributed by atoms with E-state index in [1.54, 1.807) is 18.6 Å². The van der Waals surface area contributed by atoms with Gasteiger partial charge in [-0.25, -0.2) is 9.97 Å². The van der Waals surface area contributed by atoms with Crippen molar-refractivity contribution in [3.8, 4) is 11.4 Å². The van der Waals surface area contributed by atoms with Gasteiger partial charge >= 0.3 is 0 Å². The maximum atomic E-state index is 6.11. The summed E-state index contributed by atoms with van der Waals surface area (Å²) in [5.41, 5.74) is 2.48. The molecule has 124 valence electrons. The molecule has 1 aliphatic rings. The molecule has 3 aromatic rings. The Morgan fingerprint density at radius 3 is 3.08 bits per heavy atom. The first-order valence-corrected chi connectivity index (χ1v) is 8.53.